The van der Waals surface area contributed by atoms with Gasteiger partial charge in [0.1, 0.15) is 11.5 Å². The molecule has 0 saturated carbocycles. The molecule has 3 N–H and O–H groups in total. The molecule has 3 amide bonds. The van der Waals surface area contributed by atoms with Crippen molar-refractivity contribution in [2.24, 2.45) is 0 Å². The van der Waals surface area contributed by atoms with Crippen LogP contribution in [-0.4, -0.2) is 27.9 Å². The summed E-state index contributed by atoms with van der Waals surface area (Å²) < 4.78 is 13.4. The molecule has 12 heteroatoms. The number of hydrogen-bond donors (Lipinski definition) is 3. The number of amides is 3. The summed E-state index contributed by atoms with van der Waals surface area (Å²) in [5.74, 6) is -2.17. The summed E-state index contributed by atoms with van der Waals surface area (Å²) >= 11 is 7.04. The maximum absolute atomic E-state index is 13.4. The van der Waals surface area contributed by atoms with Gasteiger partial charge >= 0.3 is 0 Å². The predicted octanol–water partition coefficient (Wildman–Crippen LogP) is 6.92. The highest BCUT2D eigenvalue weighted by molar-refractivity contribution is 8.00. The van der Waals surface area contributed by atoms with E-state index in [4.69, 9.17) is 11.6 Å². The number of carbonyl (C=O) groups excluding carboxylic acids is 3. The minimum Gasteiger partial charge on any atom is -0.325 e. The molecule has 4 rings (SSSR count). The van der Waals surface area contributed by atoms with Crippen LogP contribution in [0.5, 0.6) is 0 Å². The van der Waals surface area contributed by atoms with Crippen molar-refractivity contribution < 1.29 is 23.7 Å². The fourth-order valence-corrected chi connectivity index (χ4v) is 4.81. The quantitative estimate of drug-likeness (QED) is 0.0766. The molecule has 0 aliphatic heterocycles. The summed E-state index contributed by atoms with van der Waals surface area (Å²) in [6, 6.07) is 24.6. The van der Waals surface area contributed by atoms with Crippen molar-refractivity contribution in [3.05, 3.63) is 135 Å². The smallest absolute Gasteiger partial charge is 0.276 e. The zero-order chi connectivity index (χ0) is 30.9. The largest absolute Gasteiger partial charge is 0.325 e. The van der Waals surface area contributed by atoms with Crippen LogP contribution in [0.2, 0.25) is 5.02 Å². The number of carbonyl (C=O) groups is 3. The molecule has 43 heavy (non-hydrogen) atoms. The number of nitro groups is 1. The molecule has 0 aliphatic rings. The standard InChI is InChI=1S/C31H24ClFN4O5S/c1-19(29(38)35-23-13-16-26(33)25(32)18-23)43-24-14-11-22(12-15-24)34-31(40)27(36-30(39)20-7-3-2-4-8-20)17-21-9-5-6-10-28(21)37(41)42/h2-19H,1H3,(H,34,40)(H,35,38)(H,36,39)/b27-17-. The van der Waals surface area contributed by atoms with Crippen molar-refractivity contribution in [2.75, 3.05) is 10.6 Å². The number of nitro benzene ring substituents is 1. The number of para-hydroxylation sites is 1. The van der Waals surface area contributed by atoms with E-state index in [1.165, 1.54) is 48.2 Å². The van der Waals surface area contributed by atoms with Gasteiger partial charge in [-0.15, -0.1) is 11.8 Å². The summed E-state index contributed by atoms with van der Waals surface area (Å²) in [6.07, 6.45) is 1.24. The van der Waals surface area contributed by atoms with Crippen LogP contribution in [0.4, 0.5) is 21.5 Å². The van der Waals surface area contributed by atoms with Crippen LogP contribution in [0.25, 0.3) is 6.08 Å². The van der Waals surface area contributed by atoms with Gasteiger partial charge in [-0.2, -0.15) is 0 Å². The number of anilines is 2. The van der Waals surface area contributed by atoms with Gasteiger partial charge in [-0.3, -0.25) is 24.5 Å². The SMILES string of the molecule is CC(Sc1ccc(NC(=O)/C(=C/c2ccccc2[N+](=O)[O-])NC(=O)c2ccccc2)cc1)C(=O)Nc1ccc(F)c(Cl)c1. The van der Waals surface area contributed by atoms with Crippen LogP contribution in [0, 0.1) is 15.9 Å². The molecule has 4 aromatic carbocycles. The highest BCUT2D eigenvalue weighted by Crippen LogP contribution is 2.27. The molecule has 1 atom stereocenters. The van der Waals surface area contributed by atoms with E-state index < -0.39 is 27.8 Å². The number of hydrogen-bond acceptors (Lipinski definition) is 6. The van der Waals surface area contributed by atoms with E-state index in [9.17, 15) is 28.9 Å². The second-order valence-corrected chi connectivity index (χ2v) is 10.9. The number of benzene rings is 4. The Kier molecular flexibility index (Phi) is 10.3. The molecule has 0 bridgehead atoms. The lowest BCUT2D eigenvalue weighted by Crippen LogP contribution is -2.30. The van der Waals surface area contributed by atoms with E-state index in [-0.39, 0.29) is 27.9 Å². The average Bonchev–Trinajstić information content (AvgIpc) is 3.00. The van der Waals surface area contributed by atoms with Gasteiger partial charge in [0.05, 0.1) is 20.8 Å². The van der Waals surface area contributed by atoms with Crippen LogP contribution >= 0.6 is 23.4 Å². The molecule has 0 spiro atoms. The Balaban J connectivity index is 1.47. The fourth-order valence-electron chi connectivity index (χ4n) is 3.76. The van der Waals surface area contributed by atoms with Crippen LogP contribution in [0.3, 0.4) is 0 Å². The zero-order valence-electron chi connectivity index (χ0n) is 22.5. The van der Waals surface area contributed by atoms with Crippen molar-refractivity contribution in [2.45, 2.75) is 17.1 Å². The topological polar surface area (TPSA) is 130 Å². The van der Waals surface area contributed by atoms with Crippen LogP contribution in [-0.2, 0) is 9.59 Å². The van der Waals surface area contributed by atoms with Gasteiger partial charge in [-0.25, -0.2) is 4.39 Å². The van der Waals surface area contributed by atoms with Gasteiger partial charge in [-0.1, -0.05) is 41.9 Å². The molecular weight excluding hydrogens is 595 g/mol. The Hall–Kier alpha value is -5.00. The Labute approximate surface area is 255 Å². The van der Waals surface area contributed by atoms with Crippen LogP contribution < -0.4 is 16.0 Å². The van der Waals surface area contributed by atoms with Gasteiger partial charge in [0.25, 0.3) is 17.5 Å². The van der Waals surface area contributed by atoms with Gasteiger partial charge < -0.3 is 16.0 Å². The minimum atomic E-state index is -0.700. The summed E-state index contributed by atoms with van der Waals surface area (Å²) in [5, 5.41) is 18.8. The maximum atomic E-state index is 13.4. The van der Waals surface area contributed by atoms with Crippen LogP contribution in [0.1, 0.15) is 22.8 Å². The van der Waals surface area contributed by atoms with E-state index >= 15 is 0 Å². The van der Waals surface area contributed by atoms with E-state index in [1.54, 1.807) is 67.6 Å². The maximum Gasteiger partial charge on any atom is 0.276 e. The summed E-state index contributed by atoms with van der Waals surface area (Å²) in [6.45, 7) is 1.70. The summed E-state index contributed by atoms with van der Waals surface area (Å²) in [5.41, 5.74) is 0.746. The molecule has 218 valence electrons. The van der Waals surface area contributed by atoms with E-state index in [0.29, 0.717) is 16.9 Å². The molecule has 0 heterocycles. The molecule has 0 aromatic heterocycles. The van der Waals surface area contributed by atoms with E-state index in [2.05, 4.69) is 16.0 Å². The van der Waals surface area contributed by atoms with Gasteiger partial charge in [0.15, 0.2) is 0 Å². The summed E-state index contributed by atoms with van der Waals surface area (Å²) in [4.78, 5) is 50.4. The van der Waals surface area contributed by atoms with E-state index in [0.717, 1.165) is 11.0 Å². The number of rotatable bonds is 10. The average molecular weight is 619 g/mol. The molecule has 9 nitrogen and oxygen atoms in total. The lowest BCUT2D eigenvalue weighted by molar-refractivity contribution is -0.385. The normalized spacial score (nSPS) is 11.7. The number of thioether (sulfide) groups is 1. The first-order valence-electron chi connectivity index (χ1n) is 12.8. The predicted molar refractivity (Wildman–Crippen MR) is 165 cm³/mol. The van der Waals surface area contributed by atoms with Crippen molar-refractivity contribution in [1.82, 2.24) is 5.32 Å². The third kappa shape index (κ3) is 8.51. The Morgan fingerprint density at radius 1 is 0.907 bits per heavy atom. The Morgan fingerprint density at radius 3 is 2.23 bits per heavy atom. The minimum absolute atomic E-state index is 0.102. The fraction of sp³-hybridized carbons (Fsp3) is 0.0645. The first-order valence-corrected chi connectivity index (χ1v) is 14.0. The number of halogens is 2. The highest BCUT2D eigenvalue weighted by Gasteiger charge is 2.19. The van der Waals surface area contributed by atoms with E-state index in [1.807, 2.05) is 0 Å². The van der Waals surface area contributed by atoms with Crippen molar-refractivity contribution >= 4 is 64.2 Å². The molecule has 0 fully saturated rings. The third-order valence-corrected chi connectivity index (χ3v) is 7.35. The summed E-state index contributed by atoms with van der Waals surface area (Å²) in [7, 11) is 0. The second kappa shape index (κ2) is 14.3. The van der Waals surface area contributed by atoms with Gasteiger partial charge in [0.2, 0.25) is 5.91 Å². The molecular formula is C31H24ClFN4O5S. The van der Waals surface area contributed by atoms with Crippen LogP contribution in [0.15, 0.2) is 108 Å². The first kappa shape index (κ1) is 30.9. The van der Waals surface area contributed by atoms with Crippen molar-refractivity contribution in [3.8, 4) is 0 Å². The Bertz CT molecular complexity index is 1700. The first-order chi connectivity index (χ1) is 20.6. The Morgan fingerprint density at radius 2 is 1.56 bits per heavy atom. The molecule has 0 radical (unpaired) electrons. The highest BCUT2D eigenvalue weighted by atomic mass is 35.5. The lowest BCUT2D eigenvalue weighted by Gasteiger charge is -2.14. The lowest BCUT2D eigenvalue weighted by atomic mass is 10.1. The second-order valence-electron chi connectivity index (χ2n) is 9.05. The van der Waals surface area contributed by atoms with Crippen molar-refractivity contribution in [3.63, 3.8) is 0 Å². The number of nitrogens with zero attached hydrogens (tertiary/aromatic N) is 1. The molecule has 1 unspecified atom stereocenters. The molecule has 4 aromatic rings. The molecule has 0 aliphatic carbocycles. The number of nitrogens with one attached hydrogen (secondary N) is 3. The van der Waals surface area contributed by atoms with Gasteiger partial charge in [-0.05, 0) is 73.7 Å². The monoisotopic (exact) mass is 618 g/mol. The zero-order valence-corrected chi connectivity index (χ0v) is 24.1. The molecule has 0 saturated heterocycles. The third-order valence-electron chi connectivity index (χ3n) is 5.94. The van der Waals surface area contributed by atoms with Crippen molar-refractivity contribution in [1.29, 1.82) is 0 Å². The van der Waals surface area contributed by atoms with Gasteiger partial charge in [0, 0.05) is 27.9 Å².